The highest BCUT2D eigenvalue weighted by atomic mass is 35.5. The van der Waals surface area contributed by atoms with Gasteiger partial charge in [-0.15, -0.1) is 12.4 Å². The molecule has 0 aliphatic rings. The molecule has 0 fully saturated rings. The number of imidazole rings is 1. The number of fused-ring (bicyclic) bond motifs is 1. The Kier molecular flexibility index (Phi) is 2.96. The maximum absolute atomic E-state index is 13.9. The van der Waals surface area contributed by atoms with E-state index in [9.17, 15) is 9.18 Å². The van der Waals surface area contributed by atoms with Crippen LogP contribution in [-0.4, -0.2) is 19.3 Å². The van der Waals surface area contributed by atoms with Crippen LogP contribution in [0.15, 0.2) is 35.5 Å². The highest BCUT2D eigenvalue weighted by Crippen LogP contribution is 2.20. The third-order valence-corrected chi connectivity index (χ3v) is 2.72. The van der Waals surface area contributed by atoms with E-state index in [4.69, 9.17) is 0 Å². The van der Waals surface area contributed by atoms with Gasteiger partial charge in [-0.1, -0.05) is 0 Å². The highest BCUT2D eigenvalue weighted by molar-refractivity contribution is 5.85. The van der Waals surface area contributed by atoms with Crippen LogP contribution in [0.1, 0.15) is 0 Å². The number of nitrogens with zero attached hydrogens (tertiary/aromatic N) is 3. The first kappa shape index (κ1) is 12.4. The molecular formula is C11H10ClFN4O. The van der Waals surface area contributed by atoms with E-state index in [-0.39, 0.29) is 23.8 Å². The summed E-state index contributed by atoms with van der Waals surface area (Å²) in [6, 6.07) is 2.98. The van der Waals surface area contributed by atoms with Gasteiger partial charge in [-0.05, 0) is 6.07 Å². The quantitative estimate of drug-likeness (QED) is 0.729. The van der Waals surface area contributed by atoms with Crippen molar-refractivity contribution >= 4 is 23.3 Å². The van der Waals surface area contributed by atoms with Crippen LogP contribution in [0.2, 0.25) is 0 Å². The number of halogens is 2. The maximum Gasteiger partial charge on any atom is 0.330 e. The smallest absolute Gasteiger partial charge is 0.312 e. The number of benzene rings is 1. The summed E-state index contributed by atoms with van der Waals surface area (Å²) in [5, 5.41) is 4.83. The first-order valence-electron chi connectivity index (χ1n) is 5.04. The standard InChI is InChI=1S/C11H9FN4O.ClH/c1-15-9-5-8(12)10(4-7(9)6-14-15)16-3-2-13-11(16)17;/h2-6H,1H3,(H,13,17);1H. The lowest BCUT2D eigenvalue weighted by Gasteiger charge is -2.03. The Hall–Kier alpha value is -2.08. The van der Waals surface area contributed by atoms with Gasteiger partial charge >= 0.3 is 5.69 Å². The van der Waals surface area contributed by atoms with Crippen LogP contribution in [0.25, 0.3) is 16.6 Å². The second-order valence-corrected chi connectivity index (χ2v) is 3.77. The highest BCUT2D eigenvalue weighted by Gasteiger charge is 2.10. The molecule has 1 aromatic carbocycles. The number of aromatic amines is 1. The summed E-state index contributed by atoms with van der Waals surface area (Å²) < 4.78 is 16.7. The first-order chi connectivity index (χ1) is 8.16. The van der Waals surface area contributed by atoms with Gasteiger partial charge in [-0.3, -0.25) is 9.25 Å². The fourth-order valence-corrected chi connectivity index (χ4v) is 1.86. The molecular weight excluding hydrogens is 259 g/mol. The van der Waals surface area contributed by atoms with E-state index in [0.29, 0.717) is 5.52 Å². The van der Waals surface area contributed by atoms with Crippen LogP contribution in [-0.2, 0) is 7.05 Å². The predicted molar refractivity (Wildman–Crippen MR) is 67.9 cm³/mol. The molecule has 0 radical (unpaired) electrons. The van der Waals surface area contributed by atoms with Gasteiger partial charge in [0.05, 0.1) is 17.4 Å². The maximum atomic E-state index is 13.9. The number of hydrogen-bond acceptors (Lipinski definition) is 2. The van der Waals surface area contributed by atoms with E-state index in [0.717, 1.165) is 5.39 Å². The third kappa shape index (κ3) is 1.70. The number of aryl methyl sites for hydroxylation is 1. The fourth-order valence-electron chi connectivity index (χ4n) is 1.86. The minimum absolute atomic E-state index is 0. The average molecular weight is 269 g/mol. The molecule has 94 valence electrons. The number of nitrogens with one attached hydrogen (secondary N) is 1. The molecule has 3 aromatic rings. The van der Waals surface area contributed by atoms with Gasteiger partial charge < -0.3 is 4.98 Å². The van der Waals surface area contributed by atoms with Crippen molar-refractivity contribution in [3.05, 3.63) is 47.0 Å². The summed E-state index contributed by atoms with van der Waals surface area (Å²) in [5.41, 5.74) is 0.540. The lowest BCUT2D eigenvalue weighted by Crippen LogP contribution is -2.15. The van der Waals surface area contributed by atoms with E-state index in [1.807, 2.05) is 0 Å². The second kappa shape index (κ2) is 4.30. The molecule has 0 saturated heterocycles. The van der Waals surface area contributed by atoms with Crippen LogP contribution in [0.5, 0.6) is 0 Å². The molecule has 5 nitrogen and oxygen atoms in total. The van der Waals surface area contributed by atoms with Gasteiger partial charge in [0, 0.05) is 30.9 Å². The molecule has 7 heteroatoms. The molecule has 0 aliphatic heterocycles. The molecule has 3 rings (SSSR count). The van der Waals surface area contributed by atoms with Gasteiger partial charge in [0.25, 0.3) is 0 Å². The van der Waals surface area contributed by atoms with Crippen molar-refractivity contribution < 1.29 is 4.39 Å². The van der Waals surface area contributed by atoms with Crippen LogP contribution in [0, 0.1) is 5.82 Å². The largest absolute Gasteiger partial charge is 0.330 e. The van der Waals surface area contributed by atoms with Crippen molar-refractivity contribution in [1.29, 1.82) is 0 Å². The number of rotatable bonds is 1. The first-order valence-corrected chi connectivity index (χ1v) is 5.04. The van der Waals surface area contributed by atoms with Crippen LogP contribution in [0.3, 0.4) is 0 Å². The van der Waals surface area contributed by atoms with Gasteiger partial charge in [-0.2, -0.15) is 5.10 Å². The summed E-state index contributed by atoms with van der Waals surface area (Å²) in [6.07, 6.45) is 4.59. The molecule has 0 unspecified atom stereocenters. The molecule has 0 saturated carbocycles. The summed E-state index contributed by atoms with van der Waals surface area (Å²) >= 11 is 0. The summed E-state index contributed by atoms with van der Waals surface area (Å²) in [7, 11) is 1.74. The van der Waals surface area contributed by atoms with Crippen LogP contribution < -0.4 is 5.69 Å². The van der Waals surface area contributed by atoms with Gasteiger partial charge in [-0.25, -0.2) is 9.18 Å². The minimum atomic E-state index is -0.456. The monoisotopic (exact) mass is 268 g/mol. The summed E-state index contributed by atoms with van der Waals surface area (Å²) in [6.45, 7) is 0. The van der Waals surface area contributed by atoms with Crippen molar-refractivity contribution in [3.8, 4) is 5.69 Å². The molecule has 2 heterocycles. The Labute approximate surface area is 107 Å². The van der Waals surface area contributed by atoms with Gasteiger partial charge in [0.1, 0.15) is 5.82 Å². The third-order valence-electron chi connectivity index (χ3n) is 2.72. The molecule has 0 amide bonds. The summed E-state index contributed by atoms with van der Waals surface area (Å²) in [5.74, 6) is -0.456. The predicted octanol–water partition coefficient (Wildman–Crippen LogP) is 1.61. The van der Waals surface area contributed by atoms with Crippen LogP contribution >= 0.6 is 12.4 Å². The average Bonchev–Trinajstić information content (AvgIpc) is 2.86. The Morgan fingerprint density at radius 2 is 2.17 bits per heavy atom. The van der Waals surface area contributed by atoms with Gasteiger partial charge in [0.2, 0.25) is 0 Å². The Balaban J connectivity index is 0.00000120. The molecule has 0 bridgehead atoms. The summed E-state index contributed by atoms with van der Waals surface area (Å²) in [4.78, 5) is 13.9. The Morgan fingerprint density at radius 3 is 2.83 bits per heavy atom. The number of hydrogen-bond donors (Lipinski definition) is 1. The van der Waals surface area contributed by atoms with Crippen molar-refractivity contribution in [1.82, 2.24) is 19.3 Å². The van der Waals surface area contributed by atoms with E-state index in [1.54, 1.807) is 24.0 Å². The number of H-pyrrole nitrogens is 1. The van der Waals surface area contributed by atoms with Crippen molar-refractivity contribution in [2.45, 2.75) is 0 Å². The van der Waals surface area contributed by atoms with Gasteiger partial charge in [0.15, 0.2) is 0 Å². The second-order valence-electron chi connectivity index (χ2n) is 3.77. The topological polar surface area (TPSA) is 55.6 Å². The fraction of sp³-hybridized carbons (Fsp3) is 0.0909. The number of aromatic nitrogens is 4. The lowest BCUT2D eigenvalue weighted by atomic mass is 10.2. The van der Waals surface area contributed by atoms with E-state index >= 15 is 0 Å². The Morgan fingerprint density at radius 1 is 1.39 bits per heavy atom. The SMILES string of the molecule is Cl.Cn1ncc2cc(-n3cc[nH]c3=O)c(F)cc21. The minimum Gasteiger partial charge on any atom is -0.312 e. The molecule has 18 heavy (non-hydrogen) atoms. The lowest BCUT2D eigenvalue weighted by molar-refractivity contribution is 0.617. The van der Waals surface area contributed by atoms with Crippen LogP contribution in [0.4, 0.5) is 4.39 Å². The Bertz CT molecular complexity index is 758. The zero-order valence-electron chi connectivity index (χ0n) is 9.42. The van der Waals surface area contributed by atoms with E-state index < -0.39 is 5.82 Å². The molecule has 0 aliphatic carbocycles. The van der Waals surface area contributed by atoms with Crippen molar-refractivity contribution in [2.75, 3.05) is 0 Å². The molecule has 0 spiro atoms. The zero-order chi connectivity index (χ0) is 12.0. The van der Waals surface area contributed by atoms with Crippen molar-refractivity contribution in [3.63, 3.8) is 0 Å². The molecule has 2 aromatic heterocycles. The molecule has 1 N–H and O–H groups in total. The van der Waals surface area contributed by atoms with E-state index in [1.165, 1.54) is 23.0 Å². The van der Waals surface area contributed by atoms with E-state index in [2.05, 4.69) is 10.1 Å². The van der Waals surface area contributed by atoms with Crippen molar-refractivity contribution in [2.24, 2.45) is 7.05 Å². The normalized spacial score (nSPS) is 10.6. The zero-order valence-corrected chi connectivity index (χ0v) is 10.2. The molecule has 0 atom stereocenters.